The van der Waals surface area contributed by atoms with Gasteiger partial charge in [-0.1, -0.05) is 24.3 Å². The van der Waals surface area contributed by atoms with E-state index in [0.29, 0.717) is 23.5 Å². The minimum Gasteiger partial charge on any atom is -0.508 e. The lowest BCUT2D eigenvalue weighted by Gasteiger charge is -2.13. The van der Waals surface area contributed by atoms with Gasteiger partial charge in [-0.3, -0.25) is 9.59 Å². The van der Waals surface area contributed by atoms with Gasteiger partial charge in [-0.2, -0.15) is 0 Å². The molecule has 7 heteroatoms. The molecule has 0 bridgehead atoms. The number of fused-ring (bicyclic) bond motifs is 1. The Morgan fingerprint density at radius 3 is 2.33 bits per heavy atom. The van der Waals surface area contributed by atoms with Crippen LogP contribution >= 0.6 is 0 Å². The van der Waals surface area contributed by atoms with E-state index in [-0.39, 0.29) is 11.3 Å². The Labute approximate surface area is 153 Å². The van der Waals surface area contributed by atoms with Gasteiger partial charge in [0.1, 0.15) is 11.5 Å². The van der Waals surface area contributed by atoms with Gasteiger partial charge >= 0.3 is 5.97 Å². The second-order valence-corrected chi connectivity index (χ2v) is 5.88. The third-order valence-electron chi connectivity index (χ3n) is 4.03. The summed E-state index contributed by atoms with van der Waals surface area (Å²) in [5, 5.41) is 28.5. The number of phenolic OH excluding ortho intramolecular Hbond substituents is 1. The molecule has 2 aromatic carbocycles. The third-order valence-corrected chi connectivity index (χ3v) is 4.03. The minimum atomic E-state index is -1.73. The van der Waals surface area contributed by atoms with Gasteiger partial charge in [0.05, 0.1) is 11.1 Å². The van der Waals surface area contributed by atoms with E-state index in [2.05, 4.69) is 0 Å². The maximum atomic E-state index is 12.7. The van der Waals surface area contributed by atoms with Crippen LogP contribution in [0.5, 0.6) is 5.75 Å². The van der Waals surface area contributed by atoms with Gasteiger partial charge in [-0.05, 0) is 29.8 Å². The zero-order valence-electron chi connectivity index (χ0n) is 14.0. The molecule has 0 aliphatic rings. The number of para-hydroxylation sites is 1. The van der Waals surface area contributed by atoms with E-state index in [1.165, 1.54) is 18.3 Å². The summed E-state index contributed by atoms with van der Waals surface area (Å²) in [6.45, 7) is 0.328. The molecule has 1 heterocycles. The van der Waals surface area contributed by atoms with E-state index in [9.17, 15) is 24.6 Å². The molecule has 27 heavy (non-hydrogen) atoms. The number of carboxylic acid groups (broad SMARTS) is 1. The molecule has 3 rings (SSSR count). The molecule has 136 valence electrons. The summed E-state index contributed by atoms with van der Waals surface area (Å²) in [4.78, 5) is 34.7. The zero-order valence-corrected chi connectivity index (χ0v) is 14.0. The van der Waals surface area contributed by atoms with Crippen LogP contribution in [0.2, 0.25) is 0 Å². The highest BCUT2D eigenvalue weighted by Gasteiger charge is 2.16. The van der Waals surface area contributed by atoms with Crippen molar-refractivity contribution in [2.24, 2.45) is 0 Å². The number of aromatic hydroxyl groups is 1. The quantitative estimate of drug-likeness (QED) is 0.363. The number of benzene rings is 2. The first-order chi connectivity index (χ1) is 12.9. The fourth-order valence-electron chi connectivity index (χ4n) is 2.72. The number of hydrogen-bond acceptors (Lipinski definition) is 5. The van der Waals surface area contributed by atoms with Crippen LogP contribution in [0.4, 0.5) is 0 Å². The van der Waals surface area contributed by atoms with Gasteiger partial charge in [0.25, 0.3) is 5.78 Å². The van der Waals surface area contributed by atoms with Crippen molar-refractivity contribution in [1.82, 2.24) is 4.57 Å². The van der Waals surface area contributed by atoms with E-state index < -0.39 is 22.9 Å². The largest absolute Gasteiger partial charge is 0.508 e. The summed E-state index contributed by atoms with van der Waals surface area (Å²) in [7, 11) is 0. The number of ketones is 1. The summed E-state index contributed by atoms with van der Waals surface area (Å²) in [6, 6.07) is 13.2. The van der Waals surface area contributed by atoms with Crippen LogP contribution in [0.3, 0.4) is 0 Å². The maximum absolute atomic E-state index is 12.7. The number of carboxylic acids is 1. The molecule has 0 saturated heterocycles. The van der Waals surface area contributed by atoms with Crippen LogP contribution in [0.15, 0.2) is 65.6 Å². The first-order valence-electron chi connectivity index (χ1n) is 7.95. The van der Waals surface area contributed by atoms with Gasteiger partial charge in [0.15, 0.2) is 5.43 Å². The van der Waals surface area contributed by atoms with Crippen molar-refractivity contribution in [1.29, 1.82) is 0 Å². The predicted octanol–water partition coefficient (Wildman–Crippen LogP) is 2.31. The third kappa shape index (κ3) is 3.72. The number of nitrogens with zero attached hydrogens (tertiary/aromatic N) is 1. The number of pyridine rings is 1. The Bertz CT molecular complexity index is 1130. The number of rotatable bonds is 5. The van der Waals surface area contributed by atoms with Crippen LogP contribution in [0.1, 0.15) is 11.1 Å². The second-order valence-electron chi connectivity index (χ2n) is 5.88. The molecular formula is C20H15NO6. The molecule has 0 aliphatic heterocycles. The summed E-state index contributed by atoms with van der Waals surface area (Å²) in [5.41, 5.74) is 0.746. The van der Waals surface area contributed by atoms with Crippen molar-refractivity contribution in [2.45, 2.75) is 6.54 Å². The average Bonchev–Trinajstić information content (AvgIpc) is 2.65. The monoisotopic (exact) mass is 365 g/mol. The smallest absolute Gasteiger partial charge is 0.376 e. The first-order valence-corrected chi connectivity index (χ1v) is 7.95. The molecule has 0 amide bonds. The molecule has 0 fully saturated rings. The summed E-state index contributed by atoms with van der Waals surface area (Å²) < 4.78 is 1.70. The van der Waals surface area contributed by atoms with Crippen LogP contribution in [-0.2, 0) is 16.1 Å². The number of carbonyl (C=O) groups excluding carboxylic acids is 1. The number of carbonyl (C=O) groups is 2. The van der Waals surface area contributed by atoms with Gasteiger partial charge < -0.3 is 19.9 Å². The van der Waals surface area contributed by atoms with Crippen molar-refractivity contribution in [3.8, 4) is 5.75 Å². The zero-order chi connectivity index (χ0) is 19.6. The molecule has 1 aromatic heterocycles. The Morgan fingerprint density at radius 2 is 1.67 bits per heavy atom. The number of aliphatic carboxylic acids is 1. The molecule has 0 spiro atoms. The fraction of sp³-hybridized carbons (Fsp3) is 0.0500. The number of aromatic nitrogens is 1. The van der Waals surface area contributed by atoms with E-state index in [1.807, 2.05) is 0 Å². The lowest BCUT2D eigenvalue weighted by Crippen LogP contribution is -2.16. The highest BCUT2D eigenvalue weighted by molar-refractivity contribution is 6.38. The minimum absolute atomic E-state index is 0.122. The van der Waals surface area contributed by atoms with Crippen molar-refractivity contribution >= 4 is 28.4 Å². The highest BCUT2D eigenvalue weighted by atomic mass is 16.4. The van der Waals surface area contributed by atoms with E-state index in [0.717, 1.165) is 5.56 Å². The van der Waals surface area contributed by atoms with Crippen LogP contribution in [0, 0.1) is 0 Å². The van der Waals surface area contributed by atoms with Crippen LogP contribution in [0.25, 0.3) is 16.7 Å². The Morgan fingerprint density at radius 1 is 1.00 bits per heavy atom. The molecule has 7 nitrogen and oxygen atoms in total. The molecule has 0 unspecified atom stereocenters. The molecule has 3 N–H and O–H groups in total. The fourth-order valence-corrected chi connectivity index (χ4v) is 2.72. The highest BCUT2D eigenvalue weighted by Crippen LogP contribution is 2.18. The SMILES string of the molecule is O=C(O)C(=O)/C=C(\O)c1cn(Cc2ccc(O)cc2)c2ccccc2c1=O. The van der Waals surface area contributed by atoms with E-state index in [1.54, 1.807) is 41.0 Å². The Hall–Kier alpha value is -3.87. The predicted molar refractivity (Wildman–Crippen MR) is 98.7 cm³/mol. The Balaban J connectivity index is 2.17. The topological polar surface area (TPSA) is 117 Å². The van der Waals surface area contributed by atoms with Crippen molar-refractivity contribution in [3.63, 3.8) is 0 Å². The van der Waals surface area contributed by atoms with E-state index >= 15 is 0 Å². The lowest BCUT2D eigenvalue weighted by molar-refractivity contribution is -0.146. The number of phenols is 1. The molecule has 3 aromatic rings. The van der Waals surface area contributed by atoms with Crippen LogP contribution in [-0.4, -0.2) is 31.6 Å². The van der Waals surface area contributed by atoms with Crippen molar-refractivity contribution in [3.05, 3.63) is 82.2 Å². The normalized spacial score (nSPS) is 11.5. The summed E-state index contributed by atoms with van der Waals surface area (Å²) in [6.07, 6.45) is 1.89. The van der Waals surface area contributed by atoms with Gasteiger partial charge in [-0.25, -0.2) is 4.79 Å². The Kier molecular flexibility index (Phi) is 4.76. The van der Waals surface area contributed by atoms with Crippen molar-refractivity contribution in [2.75, 3.05) is 0 Å². The summed E-state index contributed by atoms with van der Waals surface area (Å²) >= 11 is 0. The van der Waals surface area contributed by atoms with Gasteiger partial charge in [-0.15, -0.1) is 0 Å². The standard InChI is InChI=1S/C20H15NO6/c22-13-7-5-12(6-8-13)10-21-11-15(17(23)9-18(24)20(26)27)19(25)14-3-1-2-4-16(14)21/h1-9,11,22-23H,10H2,(H,26,27)/b17-9-. The lowest BCUT2D eigenvalue weighted by atomic mass is 10.1. The van der Waals surface area contributed by atoms with E-state index in [4.69, 9.17) is 5.11 Å². The maximum Gasteiger partial charge on any atom is 0.376 e. The average molecular weight is 365 g/mol. The number of aliphatic hydroxyl groups excluding tert-OH is 1. The molecule has 0 aliphatic carbocycles. The van der Waals surface area contributed by atoms with Gasteiger partial charge in [0.2, 0.25) is 0 Å². The molecule has 0 atom stereocenters. The molecule has 0 saturated carbocycles. The number of aliphatic hydroxyl groups is 1. The molecule has 0 radical (unpaired) electrons. The van der Waals surface area contributed by atoms with Crippen LogP contribution < -0.4 is 5.43 Å². The van der Waals surface area contributed by atoms with Crippen molar-refractivity contribution < 1.29 is 24.9 Å². The van der Waals surface area contributed by atoms with Gasteiger partial charge in [0, 0.05) is 24.2 Å². The molecular weight excluding hydrogens is 350 g/mol. The summed E-state index contributed by atoms with van der Waals surface area (Å²) in [5.74, 6) is -3.65. The number of hydrogen-bond donors (Lipinski definition) is 3. The second kappa shape index (κ2) is 7.17. The first kappa shape index (κ1) is 17.9.